The summed E-state index contributed by atoms with van der Waals surface area (Å²) < 4.78 is 0. The third-order valence-electron chi connectivity index (χ3n) is 2.66. The van der Waals surface area contributed by atoms with E-state index in [-0.39, 0.29) is 17.5 Å². The summed E-state index contributed by atoms with van der Waals surface area (Å²) in [7, 11) is 1.56. The molecule has 0 fully saturated rings. The van der Waals surface area contributed by atoms with Crippen LogP contribution in [0.25, 0.3) is 0 Å². The van der Waals surface area contributed by atoms with E-state index in [1.807, 2.05) is 32.0 Å². The van der Waals surface area contributed by atoms with Gasteiger partial charge in [0.05, 0.1) is 5.69 Å². The Kier molecular flexibility index (Phi) is 2.67. The van der Waals surface area contributed by atoms with E-state index < -0.39 is 0 Å². The lowest BCUT2D eigenvalue weighted by Crippen LogP contribution is -2.28. The van der Waals surface area contributed by atoms with Crippen molar-refractivity contribution in [1.29, 1.82) is 0 Å². The number of hydrogen-bond donors (Lipinski definition) is 1. The van der Waals surface area contributed by atoms with Crippen molar-refractivity contribution in [2.45, 2.75) is 13.8 Å². The van der Waals surface area contributed by atoms with E-state index in [1.54, 1.807) is 7.05 Å². The molecule has 1 aliphatic rings. The summed E-state index contributed by atoms with van der Waals surface area (Å²) >= 11 is 0. The summed E-state index contributed by atoms with van der Waals surface area (Å²) in [5.74, 6) is -0.106. The third-order valence-corrected chi connectivity index (χ3v) is 2.66. The maximum absolute atomic E-state index is 11.7. The van der Waals surface area contributed by atoms with Crippen LogP contribution in [0.15, 0.2) is 28.3 Å². The molecule has 2 N–H and O–H groups in total. The van der Waals surface area contributed by atoms with Crippen LogP contribution in [0.2, 0.25) is 0 Å². The smallest absolute Gasteiger partial charge is 0.296 e. The number of hydrogen-bond acceptors (Lipinski definition) is 4. The quantitative estimate of drug-likeness (QED) is 0.785. The average molecular weight is 230 g/mol. The minimum Gasteiger partial charge on any atom is -0.380 e. The zero-order valence-corrected chi connectivity index (χ0v) is 10.1. The van der Waals surface area contributed by atoms with E-state index in [1.165, 1.54) is 5.01 Å². The first-order valence-electron chi connectivity index (χ1n) is 5.28. The van der Waals surface area contributed by atoms with Crippen molar-refractivity contribution in [3.8, 4) is 0 Å². The molecule has 88 valence electrons. The summed E-state index contributed by atoms with van der Waals surface area (Å²) in [6.07, 6.45) is 0. The van der Waals surface area contributed by atoms with Gasteiger partial charge in [-0.25, -0.2) is 10.0 Å². The third kappa shape index (κ3) is 1.91. The number of para-hydroxylation sites is 1. The molecule has 1 aliphatic heterocycles. The van der Waals surface area contributed by atoms with Gasteiger partial charge in [-0.3, -0.25) is 4.79 Å². The summed E-state index contributed by atoms with van der Waals surface area (Å²) in [6.45, 7) is 3.89. The second-order valence-corrected chi connectivity index (χ2v) is 4.01. The monoisotopic (exact) mass is 230 g/mol. The molecule has 5 nitrogen and oxygen atoms in total. The highest BCUT2D eigenvalue weighted by Crippen LogP contribution is 2.23. The first kappa shape index (κ1) is 11.3. The van der Waals surface area contributed by atoms with Gasteiger partial charge < -0.3 is 5.73 Å². The second-order valence-electron chi connectivity index (χ2n) is 4.01. The predicted molar refractivity (Wildman–Crippen MR) is 67.4 cm³/mol. The van der Waals surface area contributed by atoms with Crippen molar-refractivity contribution in [3.63, 3.8) is 0 Å². The van der Waals surface area contributed by atoms with Crippen molar-refractivity contribution in [2.75, 3.05) is 7.05 Å². The molecule has 0 atom stereocenters. The number of rotatable bonds is 1. The summed E-state index contributed by atoms with van der Waals surface area (Å²) in [5, 5.41) is 5.05. The van der Waals surface area contributed by atoms with Crippen LogP contribution in [0.5, 0.6) is 0 Å². The standard InChI is InChI=1S/C12H14N4O/c1-7-5-4-6-8(2)9(7)14-10-11(13)15-16(3)12(10)17/h4-6H,1-3H3,(H2,13,15). The molecule has 1 aromatic rings. The van der Waals surface area contributed by atoms with Crippen molar-refractivity contribution in [2.24, 2.45) is 15.8 Å². The van der Waals surface area contributed by atoms with Crippen LogP contribution in [0.3, 0.4) is 0 Å². The summed E-state index contributed by atoms with van der Waals surface area (Å²) in [5.41, 5.74) is 8.67. The molecule has 0 radical (unpaired) electrons. The van der Waals surface area contributed by atoms with Gasteiger partial charge in [0.2, 0.25) is 0 Å². The number of aliphatic imine (C=N–C) groups is 1. The fourth-order valence-electron chi connectivity index (χ4n) is 1.72. The normalized spacial score (nSPS) is 17.8. The van der Waals surface area contributed by atoms with Gasteiger partial charge in [0, 0.05) is 7.05 Å². The molecule has 0 aromatic heterocycles. The van der Waals surface area contributed by atoms with Gasteiger partial charge >= 0.3 is 0 Å². The van der Waals surface area contributed by atoms with E-state index in [0.29, 0.717) is 0 Å². The van der Waals surface area contributed by atoms with E-state index in [0.717, 1.165) is 16.8 Å². The largest absolute Gasteiger partial charge is 0.380 e. The van der Waals surface area contributed by atoms with Crippen LogP contribution in [-0.2, 0) is 4.79 Å². The van der Waals surface area contributed by atoms with Crippen LogP contribution in [0.4, 0.5) is 5.69 Å². The molecule has 2 rings (SSSR count). The van der Waals surface area contributed by atoms with Gasteiger partial charge in [-0.2, -0.15) is 5.10 Å². The Morgan fingerprint density at radius 1 is 1.29 bits per heavy atom. The first-order chi connectivity index (χ1) is 8.00. The van der Waals surface area contributed by atoms with Gasteiger partial charge in [-0.1, -0.05) is 18.2 Å². The summed E-state index contributed by atoms with van der Waals surface area (Å²) in [6, 6.07) is 5.85. The molecule has 0 saturated carbocycles. The number of amidine groups is 1. The van der Waals surface area contributed by atoms with Crippen LogP contribution in [0, 0.1) is 13.8 Å². The van der Waals surface area contributed by atoms with E-state index in [9.17, 15) is 4.79 Å². The molecular weight excluding hydrogens is 216 g/mol. The van der Waals surface area contributed by atoms with Gasteiger partial charge in [-0.15, -0.1) is 0 Å². The maximum atomic E-state index is 11.7. The summed E-state index contributed by atoms with van der Waals surface area (Å²) in [4.78, 5) is 16.1. The van der Waals surface area contributed by atoms with E-state index in [4.69, 9.17) is 5.73 Å². The topological polar surface area (TPSA) is 71.0 Å². The van der Waals surface area contributed by atoms with Crippen molar-refractivity contribution >= 4 is 23.1 Å². The van der Waals surface area contributed by atoms with Gasteiger partial charge in [0.1, 0.15) is 0 Å². The Bertz CT molecular complexity index is 525. The molecule has 0 bridgehead atoms. The van der Waals surface area contributed by atoms with Crippen molar-refractivity contribution in [3.05, 3.63) is 29.3 Å². The SMILES string of the molecule is Cc1cccc(C)c1N=C1C(=O)N(C)N=C1N. The fourth-order valence-corrected chi connectivity index (χ4v) is 1.72. The van der Waals surface area contributed by atoms with Crippen molar-refractivity contribution in [1.82, 2.24) is 5.01 Å². The Balaban J connectivity index is 2.51. The highest BCUT2D eigenvalue weighted by atomic mass is 16.2. The highest BCUT2D eigenvalue weighted by molar-refractivity contribution is 6.68. The number of aryl methyl sites for hydroxylation is 2. The second kappa shape index (κ2) is 4.01. The highest BCUT2D eigenvalue weighted by Gasteiger charge is 2.27. The number of carbonyl (C=O) groups excluding carboxylic acids is 1. The van der Waals surface area contributed by atoms with Crippen LogP contribution in [0.1, 0.15) is 11.1 Å². The molecule has 1 amide bonds. The van der Waals surface area contributed by atoms with E-state index >= 15 is 0 Å². The minimum absolute atomic E-state index is 0.167. The fraction of sp³-hybridized carbons (Fsp3) is 0.250. The minimum atomic E-state index is -0.273. The molecule has 0 unspecified atom stereocenters. The van der Waals surface area contributed by atoms with Crippen LogP contribution in [-0.4, -0.2) is 29.5 Å². The maximum Gasteiger partial charge on any atom is 0.296 e. The predicted octanol–water partition coefficient (Wildman–Crippen LogP) is 1.12. The van der Waals surface area contributed by atoms with Gasteiger partial charge in [0.25, 0.3) is 5.91 Å². The lowest BCUT2D eigenvalue weighted by atomic mass is 10.1. The lowest BCUT2D eigenvalue weighted by molar-refractivity contribution is -0.122. The molecule has 0 aliphatic carbocycles. The van der Waals surface area contributed by atoms with Crippen LogP contribution < -0.4 is 5.73 Å². The molecule has 1 aromatic carbocycles. The Morgan fingerprint density at radius 3 is 2.35 bits per heavy atom. The molecule has 5 heteroatoms. The molecule has 0 spiro atoms. The zero-order valence-electron chi connectivity index (χ0n) is 10.1. The lowest BCUT2D eigenvalue weighted by Gasteiger charge is -2.05. The molecular formula is C12H14N4O. The Hall–Kier alpha value is -2.17. The number of nitrogens with zero attached hydrogens (tertiary/aromatic N) is 3. The number of hydrazone groups is 1. The number of carbonyl (C=O) groups is 1. The first-order valence-corrected chi connectivity index (χ1v) is 5.28. The number of nitrogens with two attached hydrogens (primary N) is 1. The van der Waals surface area contributed by atoms with Crippen molar-refractivity contribution < 1.29 is 4.79 Å². The Labute approximate surface area is 99.6 Å². The van der Waals surface area contributed by atoms with Gasteiger partial charge in [-0.05, 0) is 25.0 Å². The van der Waals surface area contributed by atoms with Gasteiger partial charge in [0.15, 0.2) is 11.5 Å². The van der Waals surface area contributed by atoms with Crippen LogP contribution >= 0.6 is 0 Å². The van der Waals surface area contributed by atoms with E-state index in [2.05, 4.69) is 10.1 Å². The molecule has 1 heterocycles. The molecule has 17 heavy (non-hydrogen) atoms. The average Bonchev–Trinajstić information content (AvgIpc) is 2.49. The molecule has 0 saturated heterocycles. The Morgan fingerprint density at radius 2 is 1.88 bits per heavy atom. The zero-order chi connectivity index (χ0) is 12.6. The number of benzene rings is 1. The number of amides is 1.